The van der Waals surface area contributed by atoms with Crippen LogP contribution in [0.1, 0.15) is 98.1 Å². The van der Waals surface area contributed by atoms with Gasteiger partial charge in [0.2, 0.25) is 0 Å². The topological polar surface area (TPSA) is 92.7 Å². The molecule has 6 rings (SSSR count). The number of allylic oxidation sites excluding steroid dienone is 1. The minimum Gasteiger partial charge on any atom is -0.508 e. The quantitative estimate of drug-likeness (QED) is 0.486. The van der Waals surface area contributed by atoms with Gasteiger partial charge in [0.05, 0.1) is 11.1 Å². The monoisotopic (exact) mass is 463 g/mol. The molecule has 4 aliphatic carbocycles. The molecule has 6 nitrogen and oxygen atoms in total. The lowest BCUT2D eigenvalue weighted by molar-refractivity contribution is -0.165. The highest BCUT2D eigenvalue weighted by molar-refractivity contribution is 6.24. The van der Waals surface area contributed by atoms with Crippen LogP contribution in [-0.2, 0) is 16.0 Å². The van der Waals surface area contributed by atoms with Crippen LogP contribution in [0.5, 0.6) is 5.75 Å². The SMILES string of the molecule is CC(=O)O[C@H]1CC2=C3C(CC[C@H](C)[C@@]3(C)Cc3c(O)cc4c(c32)C(=O)NC4=O)[C@@]1(C)C1CCC1. The predicted octanol–water partition coefficient (Wildman–Crippen LogP) is 4.78. The third kappa shape index (κ3) is 2.60. The van der Waals surface area contributed by atoms with Crippen molar-refractivity contribution in [2.75, 3.05) is 0 Å². The first-order chi connectivity index (χ1) is 16.1. The molecule has 34 heavy (non-hydrogen) atoms. The van der Waals surface area contributed by atoms with Gasteiger partial charge in [-0.25, -0.2) is 0 Å². The minimum atomic E-state index is -0.461. The number of ether oxygens (including phenoxy) is 1. The summed E-state index contributed by atoms with van der Waals surface area (Å²) in [6.45, 7) is 8.41. The number of esters is 1. The second-order valence-corrected chi connectivity index (χ2v) is 11.8. The lowest BCUT2D eigenvalue weighted by Crippen LogP contribution is -2.57. The highest BCUT2D eigenvalue weighted by Gasteiger charge is 2.61. The summed E-state index contributed by atoms with van der Waals surface area (Å²) in [6, 6.07) is 1.46. The highest BCUT2D eigenvalue weighted by atomic mass is 16.5. The smallest absolute Gasteiger partial charge is 0.302 e. The molecular formula is C28H33NO5. The van der Waals surface area contributed by atoms with E-state index in [4.69, 9.17) is 4.74 Å². The number of rotatable bonds is 2. The van der Waals surface area contributed by atoms with Crippen molar-refractivity contribution in [3.8, 4) is 5.75 Å². The molecule has 1 aromatic carbocycles. The van der Waals surface area contributed by atoms with Gasteiger partial charge in [0, 0.05) is 24.3 Å². The Balaban J connectivity index is 1.66. The Morgan fingerprint density at radius 1 is 1.12 bits per heavy atom. The van der Waals surface area contributed by atoms with Crippen LogP contribution in [-0.4, -0.2) is 29.0 Å². The first kappa shape index (κ1) is 21.9. The molecule has 2 N–H and O–H groups in total. The van der Waals surface area contributed by atoms with Crippen molar-refractivity contribution in [1.29, 1.82) is 0 Å². The number of aromatic hydroxyl groups is 1. The summed E-state index contributed by atoms with van der Waals surface area (Å²) in [5.74, 6) is 0.115. The normalized spacial score (nSPS) is 36.3. The van der Waals surface area contributed by atoms with Gasteiger partial charge in [0.25, 0.3) is 11.8 Å². The molecule has 1 aromatic rings. The largest absolute Gasteiger partial charge is 0.508 e. The predicted molar refractivity (Wildman–Crippen MR) is 126 cm³/mol. The number of nitrogens with one attached hydrogen (secondary N) is 1. The Kier molecular flexibility index (Phi) is 4.47. The average Bonchev–Trinajstić information content (AvgIpc) is 2.99. The summed E-state index contributed by atoms with van der Waals surface area (Å²) in [6.07, 6.45) is 6.51. The third-order valence-corrected chi connectivity index (χ3v) is 10.3. The summed E-state index contributed by atoms with van der Waals surface area (Å²) >= 11 is 0. The van der Waals surface area contributed by atoms with E-state index in [1.807, 2.05) is 0 Å². The standard InChI is InChI=1S/C28H33NO5/c1-13-8-9-19-24-16(11-21(34-14(2)30)28(19,4)15-6-5-7-15)22-18(12-27(13,24)3)20(31)10-17-23(22)26(33)29-25(17)32/h10,13,15,19,21,31H,5-9,11-12H2,1-4H3,(H,29,32,33)/t13-,19?,21-,27+,28+/m0/s1. The van der Waals surface area contributed by atoms with Crippen molar-refractivity contribution in [1.82, 2.24) is 5.32 Å². The third-order valence-electron chi connectivity index (χ3n) is 10.3. The number of hydrogen-bond donors (Lipinski definition) is 2. The molecule has 1 aliphatic heterocycles. The number of benzene rings is 1. The number of imide groups is 1. The number of hydrogen-bond acceptors (Lipinski definition) is 5. The van der Waals surface area contributed by atoms with Gasteiger partial charge in [-0.1, -0.05) is 32.8 Å². The number of carbonyl (C=O) groups excluding carboxylic acids is 3. The van der Waals surface area contributed by atoms with Crippen LogP contribution in [0.15, 0.2) is 11.6 Å². The molecule has 0 saturated heterocycles. The van der Waals surface area contributed by atoms with Gasteiger partial charge < -0.3 is 9.84 Å². The van der Waals surface area contributed by atoms with Gasteiger partial charge in [0.15, 0.2) is 0 Å². The summed E-state index contributed by atoms with van der Waals surface area (Å²) in [5, 5.41) is 13.5. The Hall–Kier alpha value is -2.63. The van der Waals surface area contributed by atoms with Crippen molar-refractivity contribution in [3.63, 3.8) is 0 Å². The van der Waals surface area contributed by atoms with E-state index >= 15 is 0 Å². The van der Waals surface area contributed by atoms with E-state index < -0.39 is 11.8 Å². The molecule has 5 atom stereocenters. The van der Waals surface area contributed by atoms with Gasteiger partial charge in [-0.05, 0) is 72.5 Å². The molecular weight excluding hydrogens is 430 g/mol. The van der Waals surface area contributed by atoms with Gasteiger partial charge >= 0.3 is 5.97 Å². The van der Waals surface area contributed by atoms with E-state index in [0.717, 1.165) is 42.4 Å². The fraction of sp³-hybridized carbons (Fsp3) is 0.607. The zero-order valence-corrected chi connectivity index (χ0v) is 20.4. The Morgan fingerprint density at radius 2 is 1.85 bits per heavy atom. The molecule has 2 amide bonds. The highest BCUT2D eigenvalue weighted by Crippen LogP contribution is 2.68. The lowest BCUT2D eigenvalue weighted by atomic mass is 9.43. The van der Waals surface area contributed by atoms with Crippen LogP contribution in [0.3, 0.4) is 0 Å². The molecule has 5 aliphatic rings. The van der Waals surface area contributed by atoms with E-state index in [9.17, 15) is 19.5 Å². The van der Waals surface area contributed by atoms with Gasteiger partial charge in [-0.3, -0.25) is 19.7 Å². The van der Waals surface area contributed by atoms with Crippen LogP contribution in [0.2, 0.25) is 0 Å². The number of amides is 2. The van der Waals surface area contributed by atoms with Crippen LogP contribution in [0.4, 0.5) is 0 Å². The fourth-order valence-corrected chi connectivity index (χ4v) is 8.15. The molecule has 0 radical (unpaired) electrons. The maximum atomic E-state index is 13.0. The molecule has 1 heterocycles. The van der Waals surface area contributed by atoms with Crippen molar-refractivity contribution in [3.05, 3.63) is 33.9 Å². The first-order valence-corrected chi connectivity index (χ1v) is 12.7. The Bertz CT molecular complexity index is 1190. The fourth-order valence-electron chi connectivity index (χ4n) is 8.15. The number of fused-ring (bicyclic) bond motifs is 4. The van der Waals surface area contributed by atoms with Crippen molar-refractivity contribution in [2.45, 2.75) is 78.7 Å². The molecule has 2 fully saturated rings. The van der Waals surface area contributed by atoms with Crippen LogP contribution < -0.4 is 5.32 Å². The molecule has 1 unspecified atom stereocenters. The van der Waals surface area contributed by atoms with E-state index in [1.54, 1.807) is 0 Å². The zero-order chi connectivity index (χ0) is 24.2. The Morgan fingerprint density at radius 3 is 2.50 bits per heavy atom. The molecule has 0 aromatic heterocycles. The summed E-state index contributed by atoms with van der Waals surface area (Å²) in [4.78, 5) is 37.7. The van der Waals surface area contributed by atoms with E-state index in [0.29, 0.717) is 30.2 Å². The zero-order valence-electron chi connectivity index (χ0n) is 20.4. The Labute approximate surface area is 200 Å². The number of phenols is 1. The van der Waals surface area contributed by atoms with Gasteiger partial charge in [-0.15, -0.1) is 0 Å². The van der Waals surface area contributed by atoms with E-state index in [1.165, 1.54) is 25.0 Å². The first-order valence-electron chi connectivity index (χ1n) is 12.7. The average molecular weight is 464 g/mol. The summed E-state index contributed by atoms with van der Waals surface area (Å²) in [5.41, 5.74) is 4.21. The molecule has 0 spiro atoms. The second-order valence-electron chi connectivity index (χ2n) is 11.8. The number of phenolic OH excluding ortho intramolecular Hbond substituents is 1. The summed E-state index contributed by atoms with van der Waals surface area (Å²) < 4.78 is 6.07. The summed E-state index contributed by atoms with van der Waals surface area (Å²) in [7, 11) is 0. The maximum Gasteiger partial charge on any atom is 0.302 e. The second kappa shape index (κ2) is 6.96. The molecule has 180 valence electrons. The van der Waals surface area contributed by atoms with Crippen molar-refractivity contribution >= 4 is 23.4 Å². The van der Waals surface area contributed by atoms with Crippen molar-refractivity contribution in [2.24, 2.45) is 28.6 Å². The van der Waals surface area contributed by atoms with Crippen LogP contribution in [0.25, 0.3) is 5.57 Å². The van der Waals surface area contributed by atoms with Crippen molar-refractivity contribution < 1.29 is 24.2 Å². The molecule has 6 heteroatoms. The molecule has 2 saturated carbocycles. The van der Waals surface area contributed by atoms with Gasteiger partial charge in [-0.2, -0.15) is 0 Å². The maximum absolute atomic E-state index is 13.0. The van der Waals surface area contributed by atoms with Crippen LogP contribution in [0, 0.1) is 28.6 Å². The van der Waals surface area contributed by atoms with E-state index in [-0.39, 0.29) is 40.1 Å². The molecule has 0 bridgehead atoms. The number of carbonyl (C=O) groups is 3. The van der Waals surface area contributed by atoms with Gasteiger partial charge in [0.1, 0.15) is 11.9 Å². The lowest BCUT2D eigenvalue weighted by Gasteiger charge is -2.62. The minimum absolute atomic E-state index is 0.0806. The van der Waals surface area contributed by atoms with Crippen LogP contribution >= 0.6 is 0 Å². The van der Waals surface area contributed by atoms with E-state index in [2.05, 4.69) is 26.1 Å².